The molecule has 1 radical (unpaired) electrons. The monoisotopic (exact) mass is 872 g/mol. The maximum atomic E-state index is 8.97. The van der Waals surface area contributed by atoms with Crippen LogP contribution in [0.1, 0.15) is 58.1 Å². The molecule has 0 spiro atoms. The van der Waals surface area contributed by atoms with Crippen molar-refractivity contribution in [1.82, 2.24) is 9.97 Å². The fourth-order valence-electron chi connectivity index (χ4n) is 6.48. The first kappa shape index (κ1) is 24.7. The molecule has 5 heteroatoms. The summed E-state index contributed by atoms with van der Waals surface area (Å²) in [5, 5.41) is 5.54. The second-order valence-electron chi connectivity index (χ2n) is 14.0. The van der Waals surface area contributed by atoms with Gasteiger partial charge in [0.1, 0.15) is 5.75 Å². The summed E-state index contributed by atoms with van der Waals surface area (Å²) in [6.07, 6.45) is 0.702. The van der Waals surface area contributed by atoms with E-state index in [1.165, 1.54) is 30.6 Å². The number of benzene rings is 5. The van der Waals surface area contributed by atoms with Crippen molar-refractivity contribution in [2.24, 2.45) is 5.41 Å². The van der Waals surface area contributed by atoms with Crippen LogP contribution in [0, 0.1) is 38.1 Å². The van der Waals surface area contributed by atoms with E-state index in [0.29, 0.717) is 17.0 Å². The Bertz CT molecular complexity index is 2720. The third-order valence-electron chi connectivity index (χ3n) is 8.63. The molecule has 7 aromatic rings. The van der Waals surface area contributed by atoms with E-state index >= 15 is 0 Å². The van der Waals surface area contributed by atoms with E-state index < -0.39 is 40.7 Å². The summed E-state index contributed by atoms with van der Waals surface area (Å²) in [6, 6.07) is 36.2. The number of nitrogens with zero attached hydrogens (tertiary/aromatic N) is 2. The molecule has 2 aromatic heterocycles. The van der Waals surface area contributed by atoms with Crippen LogP contribution in [0.15, 0.2) is 109 Å². The van der Waals surface area contributed by atoms with Crippen LogP contribution in [0.2, 0.25) is 13.1 Å². The Labute approximate surface area is 333 Å². The first-order valence-corrected chi connectivity index (χ1v) is 19.4. The van der Waals surface area contributed by atoms with Gasteiger partial charge in [-0.15, -0.1) is 59.2 Å². The smallest absolute Gasteiger partial charge is 0.231 e. The average Bonchev–Trinajstić information content (AvgIpc) is 3.19. The zero-order chi connectivity index (χ0) is 44.5. The Morgan fingerprint density at radius 1 is 0.784 bits per heavy atom. The number of rotatable bonds is 3. The van der Waals surface area contributed by atoms with Gasteiger partial charge in [0.2, 0.25) is 8.32 Å². The quantitative estimate of drug-likeness (QED) is 0.101. The van der Waals surface area contributed by atoms with Gasteiger partial charge in [0, 0.05) is 58.5 Å². The summed E-state index contributed by atoms with van der Waals surface area (Å²) >= 11 is 0. The van der Waals surface area contributed by atoms with Crippen molar-refractivity contribution in [1.29, 1.82) is 0 Å². The van der Waals surface area contributed by atoms with Gasteiger partial charge >= 0.3 is 0 Å². The summed E-state index contributed by atoms with van der Waals surface area (Å²) in [5.41, 5.74) is 4.04. The Morgan fingerprint density at radius 3 is 2.27 bits per heavy atom. The molecule has 0 atom stereocenters. The van der Waals surface area contributed by atoms with Gasteiger partial charge < -0.3 is 14.4 Å². The molecule has 0 saturated heterocycles. The van der Waals surface area contributed by atoms with E-state index in [1.807, 2.05) is 12.1 Å². The summed E-state index contributed by atoms with van der Waals surface area (Å²) in [6.45, 7) is 2.81. The van der Waals surface area contributed by atoms with Crippen LogP contribution >= 0.6 is 0 Å². The van der Waals surface area contributed by atoms with Gasteiger partial charge in [-0.3, -0.25) is 0 Å². The molecular weight excluding hydrogens is 817 g/mol. The van der Waals surface area contributed by atoms with Gasteiger partial charge in [-0.05, 0) is 77.3 Å². The van der Waals surface area contributed by atoms with Crippen molar-refractivity contribution >= 4 is 35.0 Å². The summed E-state index contributed by atoms with van der Waals surface area (Å²) in [4.78, 5) is 8.68. The van der Waals surface area contributed by atoms with Gasteiger partial charge in [0.25, 0.3) is 0 Å². The maximum Gasteiger partial charge on any atom is 0.231 e. The molecule has 0 fully saturated rings. The number of fused-ring (bicyclic) bond motifs is 7. The summed E-state index contributed by atoms with van der Waals surface area (Å²) < 4.78 is 92.9. The molecule has 1 aliphatic heterocycles. The molecule has 0 saturated carbocycles. The van der Waals surface area contributed by atoms with E-state index in [-0.39, 0.29) is 42.4 Å². The van der Waals surface area contributed by atoms with Crippen LogP contribution in [0.4, 0.5) is 0 Å². The number of pyridine rings is 2. The molecule has 5 aromatic carbocycles. The summed E-state index contributed by atoms with van der Waals surface area (Å²) in [5.74, 6) is 0.885. The third kappa shape index (κ3) is 7.48. The molecule has 8 rings (SSSR count). The fourth-order valence-corrected chi connectivity index (χ4v) is 8.97. The van der Waals surface area contributed by atoms with Crippen molar-refractivity contribution < 1.29 is 39.6 Å². The molecule has 0 bridgehead atoms. The SMILES string of the molecule is [2H]C([2H])([2H])c1c[c-]c(-c2ccc(C([2H])([2H])[2H])cn2)cc1.[2H]C([2H])([2H])c1cnc(-c2[c-]ccc3c2[Si](C)(C)Oc2c-3ccc3ccc4ccccc4c23)cc1C([2H])([2H])C(C)(C)C.[Ir]. The Kier molecular flexibility index (Phi) is 6.93. The molecule has 0 amide bonds. The van der Waals surface area contributed by atoms with E-state index in [2.05, 4.69) is 83.7 Å². The van der Waals surface area contributed by atoms with Crippen molar-refractivity contribution in [2.75, 3.05) is 0 Å². The largest absolute Gasteiger partial charge is 0.547 e. The number of hydrogen-bond donors (Lipinski definition) is 0. The Hall–Kier alpha value is -4.41. The second-order valence-corrected chi connectivity index (χ2v) is 17.7. The molecule has 0 unspecified atom stereocenters. The first-order chi connectivity index (χ1) is 28.3. The van der Waals surface area contributed by atoms with Gasteiger partial charge in [0.05, 0.1) is 0 Å². The Morgan fingerprint density at radius 2 is 1.55 bits per heavy atom. The van der Waals surface area contributed by atoms with Crippen molar-refractivity contribution in [3.63, 3.8) is 0 Å². The maximum absolute atomic E-state index is 8.97. The second kappa shape index (κ2) is 14.3. The predicted molar refractivity (Wildman–Crippen MR) is 213 cm³/mol. The van der Waals surface area contributed by atoms with Crippen LogP contribution < -0.4 is 9.61 Å². The summed E-state index contributed by atoms with van der Waals surface area (Å²) in [7, 11) is -2.62. The molecule has 3 heterocycles. The molecule has 0 N–H and O–H groups in total. The van der Waals surface area contributed by atoms with E-state index in [0.717, 1.165) is 49.2 Å². The van der Waals surface area contributed by atoms with Crippen LogP contribution in [0.25, 0.3) is 55.2 Å². The molecular formula is C46H44IrN2OSi-2. The van der Waals surface area contributed by atoms with Crippen LogP contribution in [0.5, 0.6) is 5.75 Å². The molecule has 3 nitrogen and oxygen atoms in total. The zero-order valence-electron chi connectivity index (χ0n) is 40.0. The van der Waals surface area contributed by atoms with E-state index in [4.69, 9.17) is 19.5 Å². The third-order valence-corrected chi connectivity index (χ3v) is 11.1. The topological polar surface area (TPSA) is 35.0 Å². The van der Waals surface area contributed by atoms with Crippen LogP contribution in [0.3, 0.4) is 0 Å². The standard InChI is InChI=1S/C33H32NOSi.C13H12N.Ir/c1-21-20-34-29(18-24(21)19-33(2,3)4)28-13-9-12-27-26-17-16-23-15-14-22-10-7-8-11-25(22)30(23)31(26)35-36(5,6)32(27)28;1-10-3-6-12(7-4-10)13-8-5-11(2)9-14-13;/h7-12,14-18,20H,19H2,1-6H3;3-6,8-9H,1-2H3;/q2*-1;/i1D3,19D2;1D3,2D3;. The van der Waals surface area contributed by atoms with Gasteiger partial charge in [-0.2, -0.15) is 0 Å². The minimum atomic E-state index is -2.62. The first-order valence-electron chi connectivity index (χ1n) is 22.0. The molecule has 1 aliphatic rings. The minimum Gasteiger partial charge on any atom is -0.547 e. The van der Waals surface area contributed by atoms with Crippen molar-refractivity contribution in [3.8, 4) is 39.4 Å². The minimum absolute atomic E-state index is 0. The van der Waals surface area contributed by atoms with Crippen molar-refractivity contribution in [2.45, 2.75) is 60.8 Å². The zero-order valence-corrected chi connectivity index (χ0v) is 32.4. The fraction of sp³-hybridized carbons (Fsp3) is 0.217. The van der Waals surface area contributed by atoms with Crippen LogP contribution in [-0.2, 0) is 26.5 Å². The number of aryl methyl sites for hydroxylation is 3. The molecule has 51 heavy (non-hydrogen) atoms. The number of aromatic nitrogens is 2. The van der Waals surface area contributed by atoms with Gasteiger partial charge in [0.15, 0.2) is 0 Å². The predicted octanol–water partition coefficient (Wildman–Crippen LogP) is 11.4. The van der Waals surface area contributed by atoms with Crippen molar-refractivity contribution in [3.05, 3.63) is 144 Å². The van der Waals surface area contributed by atoms with Gasteiger partial charge in [-0.25, -0.2) is 0 Å². The normalized spacial score (nSPS) is 17.2. The average molecular weight is 872 g/mol. The molecule has 259 valence electrons. The van der Waals surface area contributed by atoms with E-state index in [9.17, 15) is 0 Å². The van der Waals surface area contributed by atoms with Crippen LogP contribution in [-0.4, -0.2) is 18.3 Å². The number of hydrogen-bond acceptors (Lipinski definition) is 3. The Balaban J connectivity index is 0.000000258. The van der Waals surface area contributed by atoms with E-state index in [1.54, 1.807) is 39.0 Å². The van der Waals surface area contributed by atoms with Gasteiger partial charge in [-0.1, -0.05) is 111 Å². The molecule has 0 aliphatic carbocycles.